The highest BCUT2D eigenvalue weighted by Gasteiger charge is 2.19. The van der Waals surface area contributed by atoms with Crippen molar-refractivity contribution in [1.29, 1.82) is 0 Å². The van der Waals surface area contributed by atoms with Crippen LogP contribution in [0, 0.1) is 11.6 Å². The van der Waals surface area contributed by atoms with Crippen LogP contribution in [0.25, 0.3) is 27.8 Å². The molecular formula is C33H28F2N6O4. The monoisotopic (exact) mass is 610 g/mol. The number of benzene rings is 2. The van der Waals surface area contributed by atoms with Crippen LogP contribution in [0.5, 0.6) is 17.2 Å². The number of fused-ring (bicyclic) bond motifs is 1. The third-order valence-corrected chi connectivity index (χ3v) is 7.13. The molecule has 4 heterocycles. The third-order valence-electron chi connectivity index (χ3n) is 7.13. The van der Waals surface area contributed by atoms with Gasteiger partial charge in [0.05, 0.1) is 30.2 Å². The summed E-state index contributed by atoms with van der Waals surface area (Å²) in [6.45, 7) is 4.74. The molecule has 0 aliphatic rings. The molecule has 0 aliphatic heterocycles. The second-order valence-electron chi connectivity index (χ2n) is 10.0. The van der Waals surface area contributed by atoms with Gasteiger partial charge in [-0.2, -0.15) is 5.10 Å². The Kier molecular flexibility index (Phi) is 8.10. The SMILES string of the molecule is CCOc1ccn(-c2ccc(F)cc2)c(=O)c1CC(=O)Nc1ccc(Oc2ccnc3[nH]cc(-c4cnn(CC)c4)c23)c(F)c1. The molecule has 0 spiro atoms. The van der Waals surface area contributed by atoms with Crippen LogP contribution in [0.3, 0.4) is 0 Å². The number of rotatable bonds is 10. The second-order valence-corrected chi connectivity index (χ2v) is 10.0. The lowest BCUT2D eigenvalue weighted by Gasteiger charge is -2.14. The summed E-state index contributed by atoms with van der Waals surface area (Å²) in [4.78, 5) is 33.9. The number of aryl methyl sites for hydroxylation is 1. The van der Waals surface area contributed by atoms with Crippen LogP contribution in [0.1, 0.15) is 19.4 Å². The van der Waals surface area contributed by atoms with E-state index in [2.05, 4.69) is 20.4 Å². The Labute approximate surface area is 255 Å². The molecule has 0 saturated heterocycles. The highest BCUT2D eigenvalue weighted by atomic mass is 19.1. The number of aromatic amines is 1. The molecular weight excluding hydrogens is 582 g/mol. The lowest BCUT2D eigenvalue weighted by molar-refractivity contribution is -0.115. The van der Waals surface area contributed by atoms with Gasteiger partial charge < -0.3 is 19.8 Å². The molecule has 10 nitrogen and oxygen atoms in total. The number of nitrogens with one attached hydrogen (secondary N) is 2. The number of ether oxygens (including phenoxy) is 2. The Morgan fingerprint density at radius 3 is 2.58 bits per heavy atom. The largest absolute Gasteiger partial charge is 0.493 e. The molecule has 0 fully saturated rings. The van der Waals surface area contributed by atoms with E-state index < -0.39 is 23.1 Å². The Bertz CT molecular complexity index is 2070. The number of hydrogen-bond donors (Lipinski definition) is 2. The van der Waals surface area contributed by atoms with Gasteiger partial charge in [-0.05, 0) is 62.4 Å². The lowest BCUT2D eigenvalue weighted by Crippen LogP contribution is -2.26. The molecule has 0 bridgehead atoms. The van der Waals surface area contributed by atoms with Crippen LogP contribution in [0.4, 0.5) is 14.5 Å². The first kappa shape index (κ1) is 29.3. The molecule has 4 aromatic heterocycles. The minimum atomic E-state index is -0.706. The maximum absolute atomic E-state index is 15.3. The molecule has 228 valence electrons. The molecule has 6 aromatic rings. The van der Waals surface area contributed by atoms with E-state index in [9.17, 15) is 14.0 Å². The molecule has 1 amide bonds. The number of carbonyl (C=O) groups is 1. The maximum atomic E-state index is 15.3. The van der Waals surface area contributed by atoms with Crippen LogP contribution in [-0.4, -0.2) is 36.8 Å². The van der Waals surface area contributed by atoms with Crippen molar-refractivity contribution in [3.05, 3.63) is 113 Å². The number of H-pyrrole nitrogens is 1. The summed E-state index contributed by atoms with van der Waals surface area (Å²) < 4.78 is 43.4. The standard InChI is InChI=1S/C33H28F2N6O4/c1-3-40-19-20(17-38-40)25-18-37-32-31(25)29(11-13-36-32)45-28-10-7-22(15-26(28)35)39-30(42)16-24-27(44-4-2)12-14-41(33(24)43)23-8-5-21(34)6-9-23/h5-15,17-19H,3-4,16H2,1-2H3,(H,36,37)(H,39,42). The molecule has 2 aromatic carbocycles. The number of aromatic nitrogens is 5. The molecule has 2 N–H and O–H groups in total. The van der Waals surface area contributed by atoms with E-state index >= 15 is 4.39 Å². The van der Waals surface area contributed by atoms with E-state index in [1.165, 1.54) is 47.2 Å². The highest BCUT2D eigenvalue weighted by molar-refractivity contribution is 5.98. The predicted octanol–water partition coefficient (Wildman–Crippen LogP) is 6.25. The molecule has 45 heavy (non-hydrogen) atoms. The molecule has 12 heteroatoms. The zero-order chi connectivity index (χ0) is 31.5. The first-order valence-electron chi connectivity index (χ1n) is 14.2. The summed E-state index contributed by atoms with van der Waals surface area (Å²) in [6, 6.07) is 12.7. The van der Waals surface area contributed by atoms with Crippen LogP contribution in [0.2, 0.25) is 0 Å². The fourth-order valence-electron chi connectivity index (χ4n) is 4.98. The second kappa shape index (κ2) is 12.4. The average Bonchev–Trinajstić information content (AvgIpc) is 3.69. The summed E-state index contributed by atoms with van der Waals surface area (Å²) in [7, 11) is 0. The zero-order valence-electron chi connectivity index (χ0n) is 24.4. The maximum Gasteiger partial charge on any atom is 0.262 e. The smallest absolute Gasteiger partial charge is 0.262 e. The highest BCUT2D eigenvalue weighted by Crippen LogP contribution is 2.37. The van der Waals surface area contributed by atoms with Crippen molar-refractivity contribution in [2.75, 3.05) is 11.9 Å². The minimum absolute atomic E-state index is 0.0548. The first-order chi connectivity index (χ1) is 21.8. The number of halogens is 2. The van der Waals surface area contributed by atoms with Gasteiger partial charge in [-0.15, -0.1) is 0 Å². The van der Waals surface area contributed by atoms with Crippen molar-refractivity contribution in [1.82, 2.24) is 24.3 Å². The van der Waals surface area contributed by atoms with E-state index in [4.69, 9.17) is 9.47 Å². The van der Waals surface area contributed by atoms with Gasteiger partial charge in [0.25, 0.3) is 5.56 Å². The Balaban J connectivity index is 1.22. The summed E-state index contributed by atoms with van der Waals surface area (Å²) in [6.07, 6.45) is 8.17. The van der Waals surface area contributed by atoms with E-state index in [1.807, 2.05) is 13.1 Å². The van der Waals surface area contributed by atoms with Gasteiger partial charge in [0.15, 0.2) is 11.6 Å². The van der Waals surface area contributed by atoms with Crippen LogP contribution in [-0.2, 0) is 17.8 Å². The summed E-state index contributed by atoms with van der Waals surface area (Å²) in [5.74, 6) is -1.12. The van der Waals surface area contributed by atoms with Gasteiger partial charge in [0.1, 0.15) is 23.0 Å². The third kappa shape index (κ3) is 6.03. The summed E-state index contributed by atoms with van der Waals surface area (Å²) >= 11 is 0. The van der Waals surface area contributed by atoms with Crippen molar-refractivity contribution < 1.29 is 23.0 Å². The van der Waals surface area contributed by atoms with Crippen molar-refractivity contribution in [3.8, 4) is 34.1 Å². The fourth-order valence-corrected chi connectivity index (χ4v) is 4.98. The van der Waals surface area contributed by atoms with Gasteiger partial charge in [-0.1, -0.05) is 0 Å². The summed E-state index contributed by atoms with van der Waals surface area (Å²) in [5, 5.41) is 7.64. The number of hydrogen-bond acceptors (Lipinski definition) is 6. The van der Waals surface area contributed by atoms with E-state index in [0.717, 1.165) is 17.2 Å². The number of anilines is 1. The number of carbonyl (C=O) groups excluding carboxylic acids is 1. The fraction of sp³-hybridized carbons (Fsp3) is 0.152. The molecule has 0 aliphatic carbocycles. The van der Waals surface area contributed by atoms with Crippen molar-refractivity contribution in [2.45, 2.75) is 26.8 Å². The Morgan fingerprint density at radius 2 is 1.84 bits per heavy atom. The molecule has 6 rings (SSSR count). The van der Waals surface area contributed by atoms with Crippen molar-refractivity contribution in [3.63, 3.8) is 0 Å². The van der Waals surface area contributed by atoms with Crippen LogP contribution in [0.15, 0.2) is 90.4 Å². The lowest BCUT2D eigenvalue weighted by atomic mass is 10.1. The zero-order valence-corrected chi connectivity index (χ0v) is 24.4. The molecule has 0 saturated carbocycles. The quantitative estimate of drug-likeness (QED) is 0.190. The van der Waals surface area contributed by atoms with Crippen LogP contribution < -0.4 is 20.3 Å². The number of pyridine rings is 2. The van der Waals surface area contributed by atoms with Gasteiger partial charge in [-0.25, -0.2) is 13.8 Å². The topological polar surface area (TPSA) is 116 Å². The van der Waals surface area contributed by atoms with Crippen molar-refractivity contribution in [2.24, 2.45) is 0 Å². The van der Waals surface area contributed by atoms with Crippen molar-refractivity contribution >= 4 is 22.6 Å². The number of amides is 1. The van der Waals surface area contributed by atoms with E-state index in [-0.39, 0.29) is 35.8 Å². The van der Waals surface area contributed by atoms with Gasteiger partial charge in [0, 0.05) is 59.9 Å². The predicted molar refractivity (Wildman–Crippen MR) is 165 cm³/mol. The minimum Gasteiger partial charge on any atom is -0.493 e. The number of nitrogens with zero attached hydrogens (tertiary/aromatic N) is 4. The van der Waals surface area contributed by atoms with Crippen LogP contribution >= 0.6 is 0 Å². The molecule has 0 radical (unpaired) electrons. The molecule has 0 atom stereocenters. The van der Waals surface area contributed by atoms with Gasteiger partial charge in [0.2, 0.25) is 5.91 Å². The van der Waals surface area contributed by atoms with E-state index in [1.54, 1.807) is 42.3 Å². The van der Waals surface area contributed by atoms with Gasteiger partial charge >= 0.3 is 0 Å². The normalized spacial score (nSPS) is 11.1. The Morgan fingerprint density at radius 1 is 1.02 bits per heavy atom. The summed E-state index contributed by atoms with van der Waals surface area (Å²) in [5.41, 5.74) is 2.45. The Hall–Kier alpha value is -5.78. The van der Waals surface area contributed by atoms with E-state index in [0.29, 0.717) is 29.0 Å². The first-order valence-corrected chi connectivity index (χ1v) is 14.2. The van der Waals surface area contributed by atoms with Gasteiger partial charge in [-0.3, -0.25) is 18.8 Å². The molecule has 0 unspecified atom stereocenters. The average molecular weight is 611 g/mol.